The van der Waals surface area contributed by atoms with Gasteiger partial charge in [0.05, 0.1) is 6.42 Å². The Morgan fingerprint density at radius 2 is 1.84 bits per heavy atom. The third-order valence-electron chi connectivity index (χ3n) is 2.43. The molecule has 0 aliphatic rings. The smallest absolute Gasteiger partial charge is 0.306 e. The molecule has 3 heteroatoms. The molecule has 0 aromatic heterocycles. The molecule has 0 N–H and O–H groups in total. The summed E-state index contributed by atoms with van der Waals surface area (Å²) in [6.07, 6.45) is 7.59. The van der Waals surface area contributed by atoms with Crippen molar-refractivity contribution in [2.24, 2.45) is 0 Å². The molecule has 1 aromatic carbocycles. The predicted octanol–water partition coefficient (Wildman–Crippen LogP) is 3.33. The summed E-state index contributed by atoms with van der Waals surface area (Å²) in [6.45, 7) is 2.15. The molecule has 0 fully saturated rings. The zero-order valence-corrected chi connectivity index (χ0v) is 11.0. The SMILES string of the molecule is C/C=C/C=C/COC(=O)CCC(=O)c1ccccc1. The summed E-state index contributed by atoms with van der Waals surface area (Å²) < 4.78 is 4.96. The fraction of sp³-hybridized carbons (Fsp3) is 0.250. The molecule has 0 aliphatic heterocycles. The predicted molar refractivity (Wildman–Crippen MR) is 74.9 cm³/mol. The van der Waals surface area contributed by atoms with E-state index in [1.165, 1.54) is 0 Å². The molecule has 0 atom stereocenters. The second-order valence-corrected chi connectivity index (χ2v) is 3.93. The van der Waals surface area contributed by atoms with Crippen molar-refractivity contribution < 1.29 is 14.3 Å². The Hall–Kier alpha value is -2.16. The number of Topliss-reactive ketones (excluding diaryl/α,β-unsaturated/α-hetero) is 1. The molecule has 0 saturated heterocycles. The summed E-state index contributed by atoms with van der Waals surface area (Å²) >= 11 is 0. The van der Waals surface area contributed by atoms with Gasteiger partial charge in [-0.1, -0.05) is 48.6 Å². The van der Waals surface area contributed by atoms with Crippen LogP contribution in [0.1, 0.15) is 30.1 Å². The lowest BCUT2D eigenvalue weighted by atomic mass is 10.1. The first-order valence-corrected chi connectivity index (χ1v) is 6.25. The maximum Gasteiger partial charge on any atom is 0.306 e. The van der Waals surface area contributed by atoms with E-state index in [0.29, 0.717) is 5.56 Å². The first-order chi connectivity index (χ1) is 9.24. The van der Waals surface area contributed by atoms with Crippen molar-refractivity contribution in [2.45, 2.75) is 19.8 Å². The van der Waals surface area contributed by atoms with Crippen molar-refractivity contribution in [1.29, 1.82) is 0 Å². The molecule has 19 heavy (non-hydrogen) atoms. The van der Waals surface area contributed by atoms with Crippen LogP contribution < -0.4 is 0 Å². The molecule has 0 amide bonds. The highest BCUT2D eigenvalue weighted by Crippen LogP contribution is 2.05. The number of esters is 1. The highest BCUT2D eigenvalue weighted by atomic mass is 16.5. The van der Waals surface area contributed by atoms with E-state index in [0.717, 1.165) is 0 Å². The zero-order valence-electron chi connectivity index (χ0n) is 11.0. The normalized spacial score (nSPS) is 11.0. The van der Waals surface area contributed by atoms with E-state index < -0.39 is 0 Å². The van der Waals surface area contributed by atoms with Crippen LogP contribution in [0, 0.1) is 0 Å². The van der Waals surface area contributed by atoms with Crippen molar-refractivity contribution in [3.8, 4) is 0 Å². The molecule has 1 rings (SSSR count). The topological polar surface area (TPSA) is 43.4 Å². The number of allylic oxidation sites excluding steroid dienone is 3. The van der Waals surface area contributed by atoms with Gasteiger partial charge in [0.15, 0.2) is 5.78 Å². The van der Waals surface area contributed by atoms with Crippen LogP contribution in [0.5, 0.6) is 0 Å². The lowest BCUT2D eigenvalue weighted by molar-refractivity contribution is -0.142. The molecule has 0 aliphatic carbocycles. The lowest BCUT2D eigenvalue weighted by Crippen LogP contribution is -2.08. The number of hydrogen-bond donors (Lipinski definition) is 0. The van der Waals surface area contributed by atoms with E-state index in [1.807, 2.05) is 31.2 Å². The Morgan fingerprint density at radius 1 is 1.11 bits per heavy atom. The number of carbonyl (C=O) groups is 2. The quantitative estimate of drug-likeness (QED) is 0.428. The number of carbonyl (C=O) groups excluding carboxylic acids is 2. The van der Waals surface area contributed by atoms with E-state index in [9.17, 15) is 9.59 Å². The zero-order chi connectivity index (χ0) is 13.9. The number of ketones is 1. The highest BCUT2D eigenvalue weighted by molar-refractivity contribution is 5.97. The maximum atomic E-state index is 11.7. The summed E-state index contributed by atoms with van der Waals surface area (Å²) in [7, 11) is 0. The molecule has 0 saturated carbocycles. The lowest BCUT2D eigenvalue weighted by Gasteiger charge is -2.02. The van der Waals surface area contributed by atoms with Crippen LogP contribution in [0.15, 0.2) is 54.6 Å². The fourth-order valence-corrected chi connectivity index (χ4v) is 1.44. The Bertz CT molecular complexity index is 458. The molecule has 3 nitrogen and oxygen atoms in total. The Balaban J connectivity index is 2.25. The van der Waals surface area contributed by atoms with E-state index in [4.69, 9.17) is 4.74 Å². The number of ether oxygens (including phenoxy) is 1. The van der Waals surface area contributed by atoms with Gasteiger partial charge in [0.2, 0.25) is 0 Å². The van der Waals surface area contributed by atoms with Crippen LogP contribution in [-0.2, 0) is 9.53 Å². The third kappa shape index (κ3) is 6.36. The standard InChI is InChI=1S/C16H18O3/c1-2-3-4-8-13-19-16(18)12-11-15(17)14-9-6-5-7-10-14/h2-10H,11-13H2,1H3/b3-2+,8-4+. The summed E-state index contributed by atoms with van der Waals surface area (Å²) in [6, 6.07) is 8.94. The Labute approximate surface area is 113 Å². The van der Waals surface area contributed by atoms with Crippen molar-refractivity contribution in [2.75, 3.05) is 6.61 Å². The van der Waals surface area contributed by atoms with Gasteiger partial charge in [0, 0.05) is 12.0 Å². The second kappa shape index (κ2) is 8.86. The average Bonchev–Trinajstić information content (AvgIpc) is 2.45. The van der Waals surface area contributed by atoms with E-state index >= 15 is 0 Å². The van der Waals surface area contributed by atoms with E-state index in [2.05, 4.69) is 0 Å². The van der Waals surface area contributed by atoms with Crippen molar-refractivity contribution in [3.63, 3.8) is 0 Å². The van der Waals surface area contributed by atoms with Gasteiger partial charge in [-0.15, -0.1) is 0 Å². The summed E-state index contributed by atoms with van der Waals surface area (Å²) in [4.78, 5) is 23.1. The molecule has 100 valence electrons. The van der Waals surface area contributed by atoms with Crippen LogP contribution in [0.2, 0.25) is 0 Å². The van der Waals surface area contributed by atoms with E-state index in [-0.39, 0.29) is 31.2 Å². The fourth-order valence-electron chi connectivity index (χ4n) is 1.44. The monoisotopic (exact) mass is 258 g/mol. The molecule has 0 heterocycles. The van der Waals surface area contributed by atoms with Crippen molar-refractivity contribution in [3.05, 3.63) is 60.2 Å². The van der Waals surface area contributed by atoms with Gasteiger partial charge in [-0.2, -0.15) is 0 Å². The summed E-state index contributed by atoms with van der Waals surface area (Å²) in [5.74, 6) is -0.392. The molecule has 0 spiro atoms. The average molecular weight is 258 g/mol. The van der Waals surface area contributed by atoms with Crippen LogP contribution in [-0.4, -0.2) is 18.4 Å². The van der Waals surface area contributed by atoms with Gasteiger partial charge in [0.1, 0.15) is 6.61 Å². The van der Waals surface area contributed by atoms with Crippen LogP contribution in [0.4, 0.5) is 0 Å². The molecule has 0 bridgehead atoms. The van der Waals surface area contributed by atoms with Gasteiger partial charge in [-0.25, -0.2) is 0 Å². The van der Waals surface area contributed by atoms with Crippen LogP contribution in [0.25, 0.3) is 0 Å². The Kier molecular flexibility index (Phi) is 6.95. The highest BCUT2D eigenvalue weighted by Gasteiger charge is 2.09. The molecule has 0 unspecified atom stereocenters. The molecule has 1 aromatic rings. The van der Waals surface area contributed by atoms with Gasteiger partial charge in [-0.05, 0) is 13.0 Å². The van der Waals surface area contributed by atoms with Gasteiger partial charge >= 0.3 is 5.97 Å². The first-order valence-electron chi connectivity index (χ1n) is 6.25. The third-order valence-corrected chi connectivity index (χ3v) is 2.43. The minimum atomic E-state index is -0.352. The number of benzene rings is 1. The number of rotatable bonds is 7. The minimum absolute atomic E-state index is 0.0398. The summed E-state index contributed by atoms with van der Waals surface area (Å²) in [5.41, 5.74) is 0.628. The van der Waals surface area contributed by atoms with Gasteiger partial charge in [-0.3, -0.25) is 9.59 Å². The molecular weight excluding hydrogens is 240 g/mol. The van der Waals surface area contributed by atoms with Gasteiger partial charge in [0.25, 0.3) is 0 Å². The molecule has 0 radical (unpaired) electrons. The Morgan fingerprint density at radius 3 is 2.53 bits per heavy atom. The van der Waals surface area contributed by atoms with Crippen molar-refractivity contribution in [1.82, 2.24) is 0 Å². The molecular formula is C16H18O3. The van der Waals surface area contributed by atoms with Gasteiger partial charge < -0.3 is 4.74 Å². The van der Waals surface area contributed by atoms with E-state index in [1.54, 1.807) is 30.3 Å². The maximum absolute atomic E-state index is 11.7. The van der Waals surface area contributed by atoms with Crippen LogP contribution in [0.3, 0.4) is 0 Å². The largest absolute Gasteiger partial charge is 0.461 e. The van der Waals surface area contributed by atoms with Crippen molar-refractivity contribution >= 4 is 11.8 Å². The second-order valence-electron chi connectivity index (χ2n) is 3.93. The van der Waals surface area contributed by atoms with Crippen LogP contribution >= 0.6 is 0 Å². The number of hydrogen-bond acceptors (Lipinski definition) is 3. The summed E-state index contributed by atoms with van der Waals surface area (Å²) in [5, 5.41) is 0. The first kappa shape index (κ1) is 14.9. The minimum Gasteiger partial charge on any atom is -0.461 e.